The molecule has 1 fully saturated rings. The van der Waals surface area contributed by atoms with Crippen LogP contribution in [-0.4, -0.2) is 20.2 Å². The highest BCUT2D eigenvalue weighted by molar-refractivity contribution is 7.10. The highest BCUT2D eigenvalue weighted by Gasteiger charge is 2.25. The normalized spacial score (nSPS) is 13.3. The number of thiophene rings is 1. The average Bonchev–Trinajstić information content (AvgIpc) is 3.45. The first-order valence-electron chi connectivity index (χ1n) is 11.7. The molecular weight excluding hydrogens is 476 g/mol. The lowest BCUT2D eigenvalue weighted by molar-refractivity contribution is 0.0976. The van der Waals surface area contributed by atoms with E-state index >= 15 is 0 Å². The molecule has 7 heteroatoms. The van der Waals surface area contributed by atoms with Crippen LogP contribution >= 0.6 is 22.9 Å². The highest BCUT2D eigenvalue weighted by Crippen LogP contribution is 2.34. The maximum Gasteiger partial charge on any atom is 0.180 e. The summed E-state index contributed by atoms with van der Waals surface area (Å²) in [4.78, 5) is 23.2. The number of nitrogens with zero attached hydrogens (tertiary/aromatic N) is 3. The van der Waals surface area contributed by atoms with Crippen molar-refractivity contribution >= 4 is 40.2 Å². The van der Waals surface area contributed by atoms with Crippen LogP contribution in [0.15, 0.2) is 78.4 Å². The van der Waals surface area contributed by atoms with Crippen molar-refractivity contribution in [2.75, 3.05) is 5.32 Å². The number of Topliss-reactive ketones (excluding diaryl/α,β-unsaturated/α-hetero) is 1. The van der Waals surface area contributed by atoms with Gasteiger partial charge in [0.15, 0.2) is 17.2 Å². The molecule has 0 amide bonds. The zero-order chi connectivity index (χ0) is 23.8. The minimum atomic E-state index is 0.228. The number of carbonyl (C=O) groups is 1. The van der Waals surface area contributed by atoms with E-state index in [9.17, 15) is 4.79 Å². The Labute approximate surface area is 212 Å². The first-order valence-corrected chi connectivity index (χ1v) is 12.9. The number of fused-ring (bicyclic) bond motifs is 1. The second-order valence-corrected chi connectivity index (χ2v) is 10.3. The number of rotatable bonds is 8. The number of benzene rings is 2. The molecule has 3 aromatic heterocycles. The Morgan fingerprint density at radius 3 is 2.57 bits per heavy atom. The fraction of sp³-hybridized carbons (Fsp3) is 0.179. The first-order chi connectivity index (χ1) is 17.2. The van der Waals surface area contributed by atoms with Gasteiger partial charge >= 0.3 is 0 Å². The fourth-order valence-electron chi connectivity index (χ4n) is 4.21. The Kier molecular flexibility index (Phi) is 5.84. The van der Waals surface area contributed by atoms with Gasteiger partial charge in [-0.3, -0.25) is 9.20 Å². The molecule has 2 aromatic carbocycles. The van der Waals surface area contributed by atoms with Crippen molar-refractivity contribution in [1.29, 1.82) is 0 Å². The number of hydrogen-bond donors (Lipinski definition) is 1. The molecule has 1 N–H and O–H groups in total. The SMILES string of the molecule is O=C(CC1CC1)c1ccc(-c2cnc3c(NCc4sccc4Cl)nc(-c4ccccc4)cn23)cc1. The summed E-state index contributed by atoms with van der Waals surface area (Å²) in [7, 11) is 0. The number of nitrogens with one attached hydrogen (secondary N) is 1. The third-order valence-corrected chi connectivity index (χ3v) is 7.73. The van der Waals surface area contributed by atoms with Crippen molar-refractivity contribution in [3.8, 4) is 22.5 Å². The molecule has 1 aliphatic rings. The van der Waals surface area contributed by atoms with Gasteiger partial charge in [0, 0.05) is 34.2 Å². The lowest BCUT2D eigenvalue weighted by Crippen LogP contribution is -2.05. The molecule has 3 heterocycles. The Morgan fingerprint density at radius 2 is 1.86 bits per heavy atom. The number of hydrogen-bond acceptors (Lipinski definition) is 5. The maximum absolute atomic E-state index is 12.5. The summed E-state index contributed by atoms with van der Waals surface area (Å²) in [6, 6.07) is 19.9. The summed E-state index contributed by atoms with van der Waals surface area (Å²) >= 11 is 7.92. The van der Waals surface area contributed by atoms with E-state index in [0.29, 0.717) is 24.7 Å². The standard InChI is InChI=1S/C28H23ClN4OS/c29-22-12-13-35-26(22)16-30-27-28-31-15-24(33(28)17-23(32-27)19-4-2-1-3-5-19)20-8-10-21(11-9-20)25(34)14-18-6-7-18/h1-5,8-13,15,17-18H,6-7,14,16H2,(H,30,32). The Balaban J connectivity index is 1.38. The lowest BCUT2D eigenvalue weighted by Gasteiger charge is -2.11. The number of aromatic nitrogens is 3. The van der Waals surface area contributed by atoms with E-state index in [1.54, 1.807) is 11.3 Å². The maximum atomic E-state index is 12.5. The molecule has 0 saturated heterocycles. The fourth-order valence-corrected chi connectivity index (χ4v) is 5.26. The third-order valence-electron chi connectivity index (χ3n) is 6.34. The van der Waals surface area contributed by atoms with Crippen LogP contribution in [0.25, 0.3) is 28.2 Å². The largest absolute Gasteiger partial charge is 0.362 e. The van der Waals surface area contributed by atoms with Crippen LogP contribution in [0.3, 0.4) is 0 Å². The molecule has 1 aliphatic carbocycles. The van der Waals surface area contributed by atoms with Crippen LogP contribution in [0.2, 0.25) is 5.02 Å². The number of halogens is 1. The van der Waals surface area contributed by atoms with Gasteiger partial charge in [-0.2, -0.15) is 0 Å². The summed E-state index contributed by atoms with van der Waals surface area (Å²) in [5.74, 6) is 1.50. The number of anilines is 1. The molecule has 1 saturated carbocycles. The van der Waals surface area contributed by atoms with E-state index in [4.69, 9.17) is 21.6 Å². The van der Waals surface area contributed by atoms with Crippen molar-refractivity contribution in [3.05, 3.63) is 93.9 Å². The predicted molar refractivity (Wildman–Crippen MR) is 142 cm³/mol. The molecule has 0 bridgehead atoms. The van der Waals surface area contributed by atoms with E-state index in [-0.39, 0.29) is 5.78 Å². The minimum absolute atomic E-state index is 0.228. The predicted octanol–water partition coefficient (Wildman–Crippen LogP) is 7.37. The van der Waals surface area contributed by atoms with Gasteiger partial charge in [-0.25, -0.2) is 9.97 Å². The van der Waals surface area contributed by atoms with Crippen molar-refractivity contribution < 1.29 is 4.79 Å². The Morgan fingerprint density at radius 1 is 1.06 bits per heavy atom. The summed E-state index contributed by atoms with van der Waals surface area (Å²) in [6.07, 6.45) is 6.89. The van der Waals surface area contributed by atoms with E-state index in [0.717, 1.165) is 43.6 Å². The number of imidazole rings is 1. The lowest BCUT2D eigenvalue weighted by atomic mass is 10.0. The zero-order valence-corrected chi connectivity index (χ0v) is 20.5. The summed E-state index contributed by atoms with van der Waals surface area (Å²) in [5, 5.41) is 6.17. The third kappa shape index (κ3) is 4.59. The van der Waals surface area contributed by atoms with Crippen LogP contribution in [-0.2, 0) is 6.54 Å². The van der Waals surface area contributed by atoms with E-state index < -0.39 is 0 Å². The monoisotopic (exact) mass is 498 g/mol. The molecule has 35 heavy (non-hydrogen) atoms. The van der Waals surface area contributed by atoms with Crippen molar-refractivity contribution in [3.63, 3.8) is 0 Å². The van der Waals surface area contributed by atoms with Crippen LogP contribution in [0.4, 0.5) is 5.82 Å². The van der Waals surface area contributed by atoms with Gasteiger partial charge in [-0.1, -0.05) is 66.2 Å². The van der Waals surface area contributed by atoms with Crippen molar-refractivity contribution in [2.24, 2.45) is 5.92 Å². The van der Waals surface area contributed by atoms with Gasteiger partial charge in [0.25, 0.3) is 0 Å². The molecule has 0 unspecified atom stereocenters. The zero-order valence-electron chi connectivity index (χ0n) is 18.9. The van der Waals surface area contributed by atoms with Crippen molar-refractivity contribution in [2.45, 2.75) is 25.8 Å². The Bertz CT molecular complexity index is 1500. The number of ketones is 1. The highest BCUT2D eigenvalue weighted by atomic mass is 35.5. The topological polar surface area (TPSA) is 59.3 Å². The molecule has 5 aromatic rings. The summed E-state index contributed by atoms with van der Waals surface area (Å²) in [6.45, 7) is 0.567. The van der Waals surface area contributed by atoms with Crippen molar-refractivity contribution in [1.82, 2.24) is 14.4 Å². The molecule has 5 nitrogen and oxygen atoms in total. The Hall–Kier alpha value is -3.48. The molecule has 174 valence electrons. The summed E-state index contributed by atoms with van der Waals surface area (Å²) < 4.78 is 2.06. The van der Waals surface area contributed by atoms with Crippen LogP contribution in [0.1, 0.15) is 34.5 Å². The molecule has 0 radical (unpaired) electrons. The van der Waals surface area contributed by atoms with Gasteiger partial charge in [0.05, 0.1) is 29.2 Å². The second kappa shape index (κ2) is 9.29. The molecule has 0 aliphatic heterocycles. The second-order valence-electron chi connectivity index (χ2n) is 8.87. The van der Waals surface area contributed by atoms with Gasteiger partial charge in [-0.05, 0) is 30.2 Å². The number of carbonyl (C=O) groups excluding carboxylic acids is 1. The summed E-state index contributed by atoms with van der Waals surface area (Å²) in [5.41, 5.74) is 5.31. The van der Waals surface area contributed by atoms with Crippen LogP contribution < -0.4 is 5.32 Å². The molecule has 0 atom stereocenters. The van der Waals surface area contributed by atoms with E-state index in [1.807, 2.05) is 78.4 Å². The quantitative estimate of drug-likeness (QED) is 0.227. The molecule has 0 spiro atoms. The van der Waals surface area contributed by atoms with Gasteiger partial charge in [-0.15, -0.1) is 11.3 Å². The van der Waals surface area contributed by atoms with E-state index in [2.05, 4.69) is 9.72 Å². The van der Waals surface area contributed by atoms with Gasteiger partial charge in [0.2, 0.25) is 0 Å². The van der Waals surface area contributed by atoms with Gasteiger partial charge < -0.3 is 5.32 Å². The van der Waals surface area contributed by atoms with Crippen LogP contribution in [0, 0.1) is 5.92 Å². The molecule has 6 rings (SSSR count). The smallest absolute Gasteiger partial charge is 0.180 e. The molecular formula is C28H23ClN4OS. The average molecular weight is 499 g/mol. The van der Waals surface area contributed by atoms with Gasteiger partial charge in [0.1, 0.15) is 0 Å². The first kappa shape index (κ1) is 22.0. The minimum Gasteiger partial charge on any atom is -0.362 e. The van der Waals surface area contributed by atoms with E-state index in [1.165, 1.54) is 12.8 Å². The van der Waals surface area contributed by atoms with Crippen LogP contribution in [0.5, 0.6) is 0 Å².